The third-order valence-corrected chi connectivity index (χ3v) is 14.0. The molecule has 0 saturated carbocycles. The number of aliphatic carboxylic acids is 1. The van der Waals surface area contributed by atoms with Crippen molar-refractivity contribution in [2.45, 2.75) is 302 Å². The molecule has 1 heterocycles. The lowest BCUT2D eigenvalue weighted by Crippen LogP contribution is -2.61. The van der Waals surface area contributed by atoms with Crippen LogP contribution in [0.25, 0.3) is 0 Å². The van der Waals surface area contributed by atoms with E-state index in [9.17, 15) is 34.5 Å². The summed E-state index contributed by atoms with van der Waals surface area (Å²) in [5.41, 5.74) is 0. The number of rotatable bonds is 53. The van der Waals surface area contributed by atoms with Gasteiger partial charge in [-0.25, -0.2) is 4.79 Å². The Hall–Kier alpha value is -4.10. The number of aliphatic hydroxyl groups is 2. The molecule has 1 aliphatic heterocycles. The van der Waals surface area contributed by atoms with Crippen LogP contribution >= 0.6 is 0 Å². The van der Waals surface area contributed by atoms with Crippen molar-refractivity contribution >= 4 is 23.9 Å². The normalized spacial score (nSPS) is 18.4. The maximum Gasteiger partial charge on any atom is 0.335 e. The van der Waals surface area contributed by atoms with E-state index >= 15 is 0 Å². The van der Waals surface area contributed by atoms with E-state index in [1.165, 1.54) is 96.3 Å². The summed E-state index contributed by atoms with van der Waals surface area (Å²) in [4.78, 5) is 51.2. The molecule has 6 unspecified atom stereocenters. The Morgan fingerprint density at radius 3 is 1.24 bits per heavy atom. The van der Waals surface area contributed by atoms with Crippen molar-refractivity contribution in [2.24, 2.45) is 0 Å². The van der Waals surface area contributed by atoms with Gasteiger partial charge >= 0.3 is 23.9 Å². The van der Waals surface area contributed by atoms with Crippen molar-refractivity contribution in [1.82, 2.24) is 0 Å². The van der Waals surface area contributed by atoms with E-state index in [2.05, 4.69) is 106 Å². The quantitative estimate of drug-likeness (QED) is 0.0228. The summed E-state index contributed by atoms with van der Waals surface area (Å²) in [6.45, 7) is 5.75. The first kappa shape index (κ1) is 72.9. The minimum Gasteiger partial charge on any atom is -0.479 e. The van der Waals surface area contributed by atoms with Gasteiger partial charge in [-0.05, 0) is 89.9 Å². The van der Waals surface area contributed by atoms with Gasteiger partial charge in [0, 0.05) is 19.3 Å². The molecule has 0 aromatic heterocycles. The van der Waals surface area contributed by atoms with Crippen molar-refractivity contribution in [3.8, 4) is 0 Å². The lowest BCUT2D eigenvalue weighted by Gasteiger charge is -2.40. The molecule has 1 saturated heterocycles. The molecular formula is C67H112O12. The third-order valence-electron chi connectivity index (χ3n) is 14.0. The van der Waals surface area contributed by atoms with Crippen molar-refractivity contribution in [3.63, 3.8) is 0 Å². The van der Waals surface area contributed by atoms with E-state index in [4.69, 9.17) is 23.7 Å². The Kier molecular flexibility index (Phi) is 50.3. The molecular weight excluding hydrogens is 997 g/mol. The van der Waals surface area contributed by atoms with Crippen LogP contribution in [-0.4, -0.2) is 89.2 Å². The fraction of sp³-hybridized carbons (Fsp3) is 0.731. The fourth-order valence-corrected chi connectivity index (χ4v) is 9.20. The second kappa shape index (κ2) is 54.5. The van der Waals surface area contributed by atoms with Crippen molar-refractivity contribution in [2.75, 3.05) is 13.2 Å². The first-order chi connectivity index (χ1) is 38.6. The van der Waals surface area contributed by atoms with Gasteiger partial charge in [-0.1, -0.05) is 241 Å². The average molecular weight is 1110 g/mol. The topological polar surface area (TPSA) is 175 Å². The highest BCUT2D eigenvalue weighted by atomic mass is 16.7. The van der Waals surface area contributed by atoms with Crippen LogP contribution in [-0.2, 0) is 42.9 Å². The number of unbranched alkanes of at least 4 members (excludes halogenated alkanes) is 25. The van der Waals surface area contributed by atoms with Gasteiger partial charge in [-0.15, -0.1) is 0 Å². The van der Waals surface area contributed by atoms with Gasteiger partial charge < -0.3 is 39.0 Å². The zero-order valence-corrected chi connectivity index (χ0v) is 49.8. The van der Waals surface area contributed by atoms with Crippen LogP contribution in [0, 0.1) is 0 Å². The van der Waals surface area contributed by atoms with Gasteiger partial charge in [-0.3, -0.25) is 14.4 Å². The molecule has 1 aliphatic rings. The summed E-state index contributed by atoms with van der Waals surface area (Å²) in [6, 6.07) is 0. The molecule has 12 nitrogen and oxygen atoms in total. The molecule has 0 aliphatic carbocycles. The number of esters is 3. The van der Waals surface area contributed by atoms with Gasteiger partial charge in [0.15, 0.2) is 24.6 Å². The van der Waals surface area contributed by atoms with Crippen LogP contribution in [0.5, 0.6) is 0 Å². The maximum atomic E-state index is 13.2. The highest BCUT2D eigenvalue weighted by molar-refractivity contribution is 5.74. The maximum absolute atomic E-state index is 13.2. The number of hydrogen-bond acceptors (Lipinski definition) is 11. The lowest BCUT2D eigenvalue weighted by atomic mass is 9.98. The molecule has 1 rings (SSSR count). The number of carbonyl (C=O) groups excluding carboxylic acids is 3. The first-order valence-corrected chi connectivity index (χ1v) is 31.6. The number of carboxylic acids is 1. The summed E-state index contributed by atoms with van der Waals surface area (Å²) in [5.74, 6) is -3.19. The minimum absolute atomic E-state index is 0.0338. The Balaban J connectivity index is 2.68. The Morgan fingerprint density at radius 2 is 0.797 bits per heavy atom. The molecule has 12 heteroatoms. The molecule has 6 atom stereocenters. The standard InChI is InChI=1S/C67H112O12/c1-4-7-10-13-16-19-22-25-28-29-30-31-34-35-38-41-44-47-50-53-59(68)75-56-58(77-60(69)54-51-48-45-42-39-36-32-26-23-20-17-14-11-8-5-2)57-76-67-65(63(72)62(71)64(79-67)66(73)74)78-61(70)55-52-49-46-43-40-37-33-27-24-21-18-15-12-9-6-3/h8-9,11-12,17-18,20-21,26-27,32-33,39,42,58,62-65,67,71-72H,4-7,10,13-16,19,22-25,28-31,34-38,40-41,43-57H2,1-3H3,(H,73,74)/b11-8-,12-9-,20-17-,21-18-,32-26-,33-27-,42-39-. The van der Waals surface area contributed by atoms with Gasteiger partial charge in [-0.2, -0.15) is 0 Å². The van der Waals surface area contributed by atoms with Gasteiger partial charge in [0.25, 0.3) is 0 Å². The van der Waals surface area contributed by atoms with E-state index in [1.54, 1.807) is 0 Å². The summed E-state index contributed by atoms with van der Waals surface area (Å²) in [5, 5.41) is 31.5. The summed E-state index contributed by atoms with van der Waals surface area (Å²) < 4.78 is 28.4. The average Bonchev–Trinajstić information content (AvgIpc) is 3.46. The number of carboxylic acid groups (broad SMARTS) is 1. The molecule has 79 heavy (non-hydrogen) atoms. The van der Waals surface area contributed by atoms with E-state index in [0.29, 0.717) is 19.3 Å². The Labute approximate surface area is 480 Å². The second-order valence-corrected chi connectivity index (χ2v) is 21.3. The lowest BCUT2D eigenvalue weighted by molar-refractivity contribution is -0.301. The minimum atomic E-state index is -1.92. The molecule has 3 N–H and O–H groups in total. The van der Waals surface area contributed by atoms with Crippen LogP contribution in [0.15, 0.2) is 85.1 Å². The van der Waals surface area contributed by atoms with Gasteiger partial charge in [0.05, 0.1) is 6.61 Å². The third kappa shape index (κ3) is 44.3. The van der Waals surface area contributed by atoms with Crippen molar-refractivity contribution < 1.29 is 58.2 Å². The number of aliphatic hydroxyl groups excluding tert-OH is 2. The fourth-order valence-electron chi connectivity index (χ4n) is 9.20. The van der Waals surface area contributed by atoms with E-state index in [0.717, 1.165) is 109 Å². The molecule has 0 bridgehead atoms. The summed E-state index contributed by atoms with van der Waals surface area (Å²) >= 11 is 0. The highest BCUT2D eigenvalue weighted by Gasteiger charge is 2.50. The second-order valence-electron chi connectivity index (χ2n) is 21.3. The Morgan fingerprint density at radius 1 is 0.430 bits per heavy atom. The first-order valence-electron chi connectivity index (χ1n) is 31.6. The predicted molar refractivity (Wildman–Crippen MR) is 321 cm³/mol. The zero-order valence-electron chi connectivity index (χ0n) is 49.8. The van der Waals surface area contributed by atoms with Crippen LogP contribution in [0.2, 0.25) is 0 Å². The van der Waals surface area contributed by atoms with E-state index in [1.807, 2.05) is 0 Å². The Bertz CT molecular complexity index is 1700. The zero-order chi connectivity index (χ0) is 57.5. The molecule has 0 aromatic rings. The highest BCUT2D eigenvalue weighted by Crippen LogP contribution is 2.26. The molecule has 452 valence electrons. The van der Waals surface area contributed by atoms with Gasteiger partial charge in [0.1, 0.15) is 18.8 Å². The molecule has 1 fully saturated rings. The molecule has 0 aromatic carbocycles. The van der Waals surface area contributed by atoms with Crippen LogP contribution in [0.1, 0.15) is 265 Å². The predicted octanol–water partition coefficient (Wildman–Crippen LogP) is 16.7. The number of hydrogen-bond donors (Lipinski definition) is 3. The number of carbonyl (C=O) groups is 4. The van der Waals surface area contributed by atoms with E-state index in [-0.39, 0.29) is 25.9 Å². The monoisotopic (exact) mass is 1110 g/mol. The molecule has 0 amide bonds. The SMILES string of the molecule is CC/C=C\C/C=C\C/C=C\C/C=C\CCCCC(=O)OC(COC(=O)CCCCCCCCCCCCCCCCCCCCC)COC1OC(C(=O)O)C(O)C(O)C1OC(=O)CCCCCCC/C=C\C/C=C\C/C=C\CC. The largest absolute Gasteiger partial charge is 0.479 e. The summed E-state index contributed by atoms with van der Waals surface area (Å²) in [7, 11) is 0. The van der Waals surface area contributed by atoms with Crippen LogP contribution in [0.3, 0.4) is 0 Å². The van der Waals surface area contributed by atoms with Crippen molar-refractivity contribution in [1.29, 1.82) is 0 Å². The van der Waals surface area contributed by atoms with Gasteiger partial charge in [0.2, 0.25) is 0 Å². The number of ether oxygens (including phenoxy) is 5. The molecule has 0 spiro atoms. The van der Waals surface area contributed by atoms with E-state index < -0.39 is 67.3 Å². The van der Waals surface area contributed by atoms with Crippen molar-refractivity contribution in [3.05, 3.63) is 85.1 Å². The summed E-state index contributed by atoms with van der Waals surface area (Å²) in [6.07, 6.45) is 58.4. The smallest absolute Gasteiger partial charge is 0.335 e. The number of allylic oxidation sites excluding steroid dienone is 14. The van der Waals surface area contributed by atoms with Crippen LogP contribution < -0.4 is 0 Å². The molecule has 0 radical (unpaired) electrons. The van der Waals surface area contributed by atoms with Crippen LogP contribution in [0.4, 0.5) is 0 Å².